The van der Waals surface area contributed by atoms with Crippen molar-refractivity contribution in [1.29, 1.82) is 0 Å². The van der Waals surface area contributed by atoms with Gasteiger partial charge in [-0.05, 0) is 60.6 Å². The monoisotopic (exact) mass is 320 g/mol. The number of hydrazine groups is 1. The molecule has 0 fully saturated rings. The van der Waals surface area contributed by atoms with Crippen molar-refractivity contribution in [1.82, 2.24) is 5.01 Å². The highest BCUT2D eigenvalue weighted by Crippen LogP contribution is 2.31. The van der Waals surface area contributed by atoms with Crippen molar-refractivity contribution >= 4 is 5.69 Å². The number of aryl methyl sites for hydroxylation is 1. The number of hydrogen-bond donors (Lipinski definition) is 0. The van der Waals surface area contributed by atoms with E-state index in [9.17, 15) is 0 Å². The molecule has 0 radical (unpaired) electrons. The molecule has 2 nitrogen and oxygen atoms in total. The van der Waals surface area contributed by atoms with Crippen molar-refractivity contribution in [2.75, 3.05) is 12.1 Å². The van der Waals surface area contributed by atoms with Crippen LogP contribution < -0.4 is 5.01 Å². The summed E-state index contributed by atoms with van der Waals surface area (Å²) < 4.78 is 0. The second-order valence-electron chi connectivity index (χ2n) is 7.30. The number of hydrogen-bond acceptors (Lipinski definition) is 2. The van der Waals surface area contributed by atoms with E-state index in [0.29, 0.717) is 12.0 Å². The lowest BCUT2D eigenvalue weighted by molar-refractivity contribution is 0.322. The number of nitrogens with zero attached hydrogens (tertiary/aromatic N) is 2. The molecule has 24 heavy (non-hydrogen) atoms. The number of benzene rings is 2. The molecule has 0 amide bonds. The zero-order chi connectivity index (χ0) is 17.3. The van der Waals surface area contributed by atoms with Gasteiger partial charge in [0.1, 0.15) is 0 Å². The standard InChI is InChI=1S/C22H28N2/c1-16(2)13-19-7-6-8-20(14-19)21-10-9-17(3)22(15-21)24-12-11-18(4)23(24)5/h6-12,14-16,18H,13H2,1-5H3. The van der Waals surface area contributed by atoms with Crippen LogP contribution in [0, 0.1) is 12.8 Å². The highest BCUT2D eigenvalue weighted by Gasteiger charge is 2.21. The zero-order valence-electron chi connectivity index (χ0n) is 15.5. The summed E-state index contributed by atoms with van der Waals surface area (Å²) in [6.07, 6.45) is 5.53. The lowest BCUT2D eigenvalue weighted by atomic mass is 9.97. The summed E-state index contributed by atoms with van der Waals surface area (Å²) in [6, 6.07) is 16.2. The molecule has 2 aromatic rings. The zero-order valence-corrected chi connectivity index (χ0v) is 15.5. The predicted molar refractivity (Wildman–Crippen MR) is 104 cm³/mol. The van der Waals surface area contributed by atoms with Gasteiger partial charge in [0.25, 0.3) is 0 Å². The second-order valence-corrected chi connectivity index (χ2v) is 7.30. The van der Waals surface area contributed by atoms with Gasteiger partial charge in [-0.3, -0.25) is 5.01 Å². The highest BCUT2D eigenvalue weighted by atomic mass is 15.6. The van der Waals surface area contributed by atoms with Gasteiger partial charge in [0.2, 0.25) is 0 Å². The van der Waals surface area contributed by atoms with Crippen LogP contribution in [0.1, 0.15) is 31.9 Å². The third-order valence-electron chi connectivity index (χ3n) is 4.80. The molecule has 2 aromatic carbocycles. The summed E-state index contributed by atoms with van der Waals surface area (Å²) in [7, 11) is 2.14. The minimum Gasteiger partial charge on any atom is -0.281 e. The molecule has 3 rings (SSSR count). The summed E-state index contributed by atoms with van der Waals surface area (Å²) in [5.74, 6) is 0.679. The van der Waals surface area contributed by atoms with Crippen molar-refractivity contribution in [3.63, 3.8) is 0 Å². The first-order valence-electron chi connectivity index (χ1n) is 8.86. The molecular weight excluding hydrogens is 292 g/mol. The van der Waals surface area contributed by atoms with Gasteiger partial charge in [-0.2, -0.15) is 0 Å². The minimum absolute atomic E-state index is 0.433. The summed E-state index contributed by atoms with van der Waals surface area (Å²) in [5.41, 5.74) is 6.54. The van der Waals surface area contributed by atoms with Crippen LogP contribution in [0.5, 0.6) is 0 Å². The topological polar surface area (TPSA) is 6.48 Å². The number of rotatable bonds is 4. The molecule has 126 valence electrons. The Bertz CT molecular complexity index is 745. The van der Waals surface area contributed by atoms with E-state index in [4.69, 9.17) is 0 Å². The van der Waals surface area contributed by atoms with Crippen LogP contribution in [0.3, 0.4) is 0 Å². The molecule has 1 heterocycles. The Morgan fingerprint density at radius 1 is 1.04 bits per heavy atom. The van der Waals surface area contributed by atoms with Gasteiger partial charge in [-0.1, -0.05) is 50.2 Å². The van der Waals surface area contributed by atoms with E-state index in [-0.39, 0.29) is 0 Å². The number of anilines is 1. The number of likely N-dealkylation sites (N-methyl/N-ethyl adjacent to an activating group) is 1. The maximum absolute atomic E-state index is 2.33. The molecule has 1 atom stereocenters. The van der Waals surface area contributed by atoms with Gasteiger partial charge in [0.15, 0.2) is 0 Å². The Morgan fingerprint density at radius 2 is 1.79 bits per heavy atom. The molecule has 0 spiro atoms. The Balaban J connectivity index is 1.96. The van der Waals surface area contributed by atoms with E-state index >= 15 is 0 Å². The maximum atomic E-state index is 2.33. The molecule has 2 heteroatoms. The summed E-state index contributed by atoms with van der Waals surface area (Å²) >= 11 is 0. The maximum Gasteiger partial charge on any atom is 0.0608 e. The van der Waals surface area contributed by atoms with Gasteiger partial charge in [-0.25, -0.2) is 5.01 Å². The van der Waals surface area contributed by atoms with Crippen LogP contribution in [0.2, 0.25) is 0 Å². The molecule has 0 N–H and O–H groups in total. The van der Waals surface area contributed by atoms with Crippen LogP contribution in [0.4, 0.5) is 5.69 Å². The Hall–Kier alpha value is -2.06. The second kappa shape index (κ2) is 6.82. The van der Waals surface area contributed by atoms with Crippen molar-refractivity contribution in [2.45, 2.75) is 40.2 Å². The molecule has 1 unspecified atom stereocenters. The van der Waals surface area contributed by atoms with Crippen LogP contribution in [-0.4, -0.2) is 18.1 Å². The van der Waals surface area contributed by atoms with Gasteiger partial charge in [0, 0.05) is 19.3 Å². The van der Waals surface area contributed by atoms with E-state index in [1.54, 1.807) is 0 Å². The van der Waals surface area contributed by atoms with Crippen molar-refractivity contribution in [3.05, 3.63) is 65.9 Å². The van der Waals surface area contributed by atoms with Crippen LogP contribution in [0.15, 0.2) is 54.7 Å². The first kappa shape index (κ1) is 16.8. The normalized spacial score (nSPS) is 17.9. The summed E-state index contributed by atoms with van der Waals surface area (Å²) in [4.78, 5) is 0. The Labute approximate surface area is 146 Å². The quantitative estimate of drug-likeness (QED) is 0.741. The summed E-state index contributed by atoms with van der Waals surface area (Å²) in [5, 5.41) is 4.52. The van der Waals surface area contributed by atoms with E-state index < -0.39 is 0 Å². The molecule has 0 saturated carbocycles. The van der Waals surface area contributed by atoms with Gasteiger partial charge >= 0.3 is 0 Å². The summed E-state index contributed by atoms with van der Waals surface area (Å²) in [6.45, 7) is 8.94. The fourth-order valence-corrected chi connectivity index (χ4v) is 3.27. The van der Waals surface area contributed by atoms with Crippen LogP contribution >= 0.6 is 0 Å². The lowest BCUT2D eigenvalue weighted by Gasteiger charge is -2.30. The van der Waals surface area contributed by atoms with Crippen molar-refractivity contribution in [2.24, 2.45) is 5.92 Å². The van der Waals surface area contributed by atoms with Crippen LogP contribution in [0.25, 0.3) is 11.1 Å². The Kier molecular flexibility index (Phi) is 4.77. The highest BCUT2D eigenvalue weighted by molar-refractivity contribution is 5.71. The van der Waals surface area contributed by atoms with Gasteiger partial charge in [-0.15, -0.1) is 0 Å². The SMILES string of the molecule is Cc1ccc(-c2cccc(CC(C)C)c2)cc1N1C=CC(C)N1C. The average Bonchev–Trinajstić information content (AvgIpc) is 2.87. The van der Waals surface area contributed by atoms with Crippen LogP contribution in [-0.2, 0) is 6.42 Å². The minimum atomic E-state index is 0.433. The molecule has 0 aromatic heterocycles. The van der Waals surface area contributed by atoms with Crippen molar-refractivity contribution < 1.29 is 0 Å². The molecule has 1 aliphatic rings. The first-order chi connectivity index (χ1) is 11.5. The predicted octanol–water partition coefficient (Wildman–Crippen LogP) is 5.43. The molecule has 0 bridgehead atoms. The lowest BCUT2D eigenvalue weighted by Crippen LogP contribution is -2.36. The van der Waals surface area contributed by atoms with Gasteiger partial charge in [0.05, 0.1) is 5.69 Å². The Morgan fingerprint density at radius 3 is 2.46 bits per heavy atom. The molecule has 1 aliphatic heterocycles. The first-order valence-corrected chi connectivity index (χ1v) is 8.86. The fourth-order valence-electron chi connectivity index (χ4n) is 3.27. The third-order valence-corrected chi connectivity index (χ3v) is 4.80. The third kappa shape index (κ3) is 3.39. The van der Waals surface area contributed by atoms with Crippen molar-refractivity contribution in [3.8, 4) is 11.1 Å². The van der Waals surface area contributed by atoms with E-state index in [2.05, 4.69) is 99.5 Å². The van der Waals surface area contributed by atoms with E-state index in [1.165, 1.54) is 27.9 Å². The average molecular weight is 320 g/mol. The molecule has 0 saturated heterocycles. The van der Waals surface area contributed by atoms with E-state index in [0.717, 1.165) is 6.42 Å². The van der Waals surface area contributed by atoms with E-state index in [1.807, 2.05) is 0 Å². The molecule has 0 aliphatic carbocycles. The van der Waals surface area contributed by atoms with Gasteiger partial charge < -0.3 is 0 Å². The fraction of sp³-hybridized carbons (Fsp3) is 0.364. The smallest absolute Gasteiger partial charge is 0.0608 e. The largest absolute Gasteiger partial charge is 0.281 e. The molecular formula is C22H28N2.